The Morgan fingerprint density at radius 1 is 1.46 bits per heavy atom. The van der Waals surface area contributed by atoms with E-state index in [1.165, 1.54) is 13.2 Å². The number of hydrogen-bond acceptors (Lipinski definition) is 2. The average Bonchev–Trinajstić information content (AvgIpc) is 2.03. The summed E-state index contributed by atoms with van der Waals surface area (Å²) in [6.07, 6.45) is 0. The molecular weight excluding hydrogens is 193 g/mol. The molecule has 0 aliphatic carbocycles. The smallest absolute Gasteiger partial charge is 0.165 e. The van der Waals surface area contributed by atoms with E-state index in [0.717, 1.165) is 0 Å². The summed E-state index contributed by atoms with van der Waals surface area (Å²) in [5, 5.41) is 0. The van der Waals surface area contributed by atoms with E-state index < -0.39 is 0 Å². The van der Waals surface area contributed by atoms with Gasteiger partial charge in [-0.3, -0.25) is 0 Å². The van der Waals surface area contributed by atoms with Crippen molar-refractivity contribution in [1.29, 1.82) is 0 Å². The van der Waals surface area contributed by atoms with E-state index in [4.69, 9.17) is 10.5 Å². The van der Waals surface area contributed by atoms with E-state index in [1.807, 2.05) is 0 Å². The molecule has 2 N–H and O–H groups in total. The van der Waals surface area contributed by atoms with Gasteiger partial charge in [-0.2, -0.15) is 0 Å². The van der Waals surface area contributed by atoms with Crippen LogP contribution in [0.3, 0.4) is 0 Å². The van der Waals surface area contributed by atoms with Crippen LogP contribution in [0.1, 0.15) is 18.5 Å². The summed E-state index contributed by atoms with van der Waals surface area (Å²) < 4.78 is 17.9. The van der Waals surface area contributed by atoms with Gasteiger partial charge in [0, 0.05) is 11.6 Å². The number of hydrogen-bond donors (Lipinski definition) is 1. The summed E-state index contributed by atoms with van der Waals surface area (Å²) in [6, 6.07) is 4.52. The minimum atomic E-state index is -0.368. The standard InChI is InChI=1S/C9H12FNO.ClH/c1-6(11)7-4-3-5-8(10)9(7)12-2;/h3-6H,11H2,1-2H3;1H/t6-;/m1./s1. The maximum atomic E-state index is 13.0. The van der Waals surface area contributed by atoms with Gasteiger partial charge in [0.1, 0.15) is 0 Å². The minimum Gasteiger partial charge on any atom is -0.493 e. The maximum absolute atomic E-state index is 13.0. The number of nitrogens with two attached hydrogens (primary N) is 1. The van der Waals surface area contributed by atoms with Crippen LogP contribution >= 0.6 is 12.4 Å². The molecule has 0 saturated carbocycles. The Bertz CT molecular complexity index is 278. The first-order valence-electron chi connectivity index (χ1n) is 3.74. The van der Waals surface area contributed by atoms with Crippen LogP contribution < -0.4 is 10.5 Å². The van der Waals surface area contributed by atoms with Crippen LogP contribution in [-0.4, -0.2) is 7.11 Å². The lowest BCUT2D eigenvalue weighted by atomic mass is 10.1. The van der Waals surface area contributed by atoms with Crippen molar-refractivity contribution in [3.63, 3.8) is 0 Å². The van der Waals surface area contributed by atoms with Crippen molar-refractivity contribution < 1.29 is 9.13 Å². The van der Waals surface area contributed by atoms with Crippen molar-refractivity contribution in [3.05, 3.63) is 29.6 Å². The first-order chi connectivity index (χ1) is 5.66. The lowest BCUT2D eigenvalue weighted by Gasteiger charge is -2.11. The highest BCUT2D eigenvalue weighted by Gasteiger charge is 2.10. The molecule has 13 heavy (non-hydrogen) atoms. The van der Waals surface area contributed by atoms with Gasteiger partial charge in [0.25, 0.3) is 0 Å². The highest BCUT2D eigenvalue weighted by atomic mass is 35.5. The van der Waals surface area contributed by atoms with Gasteiger partial charge >= 0.3 is 0 Å². The number of methoxy groups -OCH3 is 1. The predicted molar refractivity (Wildman–Crippen MR) is 52.8 cm³/mol. The molecule has 74 valence electrons. The van der Waals surface area contributed by atoms with Crippen molar-refractivity contribution in [2.45, 2.75) is 13.0 Å². The van der Waals surface area contributed by atoms with Gasteiger partial charge < -0.3 is 10.5 Å². The lowest BCUT2D eigenvalue weighted by Crippen LogP contribution is -2.07. The predicted octanol–water partition coefficient (Wildman–Crippen LogP) is 2.28. The Balaban J connectivity index is 0.00000144. The van der Waals surface area contributed by atoms with Crippen LogP contribution in [-0.2, 0) is 0 Å². The normalized spacial score (nSPS) is 11.7. The molecule has 0 amide bonds. The van der Waals surface area contributed by atoms with E-state index >= 15 is 0 Å². The fourth-order valence-corrected chi connectivity index (χ4v) is 1.10. The first-order valence-corrected chi connectivity index (χ1v) is 3.74. The van der Waals surface area contributed by atoms with Crippen LogP contribution in [0.2, 0.25) is 0 Å². The second kappa shape index (κ2) is 5.04. The van der Waals surface area contributed by atoms with Crippen LogP contribution in [0, 0.1) is 5.82 Å². The van der Waals surface area contributed by atoms with Gasteiger partial charge in [-0.15, -0.1) is 12.4 Å². The zero-order chi connectivity index (χ0) is 9.14. The number of ether oxygens (including phenoxy) is 1. The minimum absolute atomic E-state index is 0. The molecule has 0 saturated heterocycles. The lowest BCUT2D eigenvalue weighted by molar-refractivity contribution is 0.379. The van der Waals surface area contributed by atoms with Crippen molar-refractivity contribution in [2.75, 3.05) is 7.11 Å². The Morgan fingerprint density at radius 3 is 2.46 bits per heavy atom. The molecule has 0 radical (unpaired) electrons. The average molecular weight is 206 g/mol. The number of halogens is 2. The fourth-order valence-electron chi connectivity index (χ4n) is 1.10. The molecule has 0 unspecified atom stereocenters. The molecule has 1 rings (SSSR count). The van der Waals surface area contributed by atoms with Gasteiger partial charge in [-0.1, -0.05) is 12.1 Å². The molecule has 0 heterocycles. The second-order valence-corrected chi connectivity index (χ2v) is 2.65. The Morgan fingerprint density at radius 2 is 2.08 bits per heavy atom. The maximum Gasteiger partial charge on any atom is 0.165 e. The van der Waals surface area contributed by atoms with Crippen molar-refractivity contribution in [3.8, 4) is 5.75 Å². The molecule has 1 aromatic carbocycles. The Labute approximate surface area is 83.3 Å². The van der Waals surface area contributed by atoms with Crippen LogP contribution in [0.5, 0.6) is 5.75 Å². The third-order valence-electron chi connectivity index (χ3n) is 1.69. The zero-order valence-electron chi connectivity index (χ0n) is 7.58. The summed E-state index contributed by atoms with van der Waals surface area (Å²) in [7, 11) is 1.43. The highest BCUT2D eigenvalue weighted by Crippen LogP contribution is 2.26. The SMILES string of the molecule is COc1c(F)cccc1[C@@H](C)N.Cl. The summed E-state index contributed by atoms with van der Waals surface area (Å²) in [5.74, 6) is -0.125. The van der Waals surface area contributed by atoms with E-state index in [9.17, 15) is 4.39 Å². The third kappa shape index (κ3) is 2.57. The molecule has 4 heteroatoms. The summed E-state index contributed by atoms with van der Waals surface area (Å²) >= 11 is 0. The molecule has 1 aromatic rings. The van der Waals surface area contributed by atoms with Gasteiger partial charge in [-0.25, -0.2) is 4.39 Å². The quantitative estimate of drug-likeness (QED) is 0.804. The summed E-state index contributed by atoms with van der Waals surface area (Å²) in [5.41, 5.74) is 6.30. The first kappa shape index (κ1) is 12.2. The van der Waals surface area contributed by atoms with Crippen LogP contribution in [0.15, 0.2) is 18.2 Å². The van der Waals surface area contributed by atoms with Crippen molar-refractivity contribution in [1.82, 2.24) is 0 Å². The Kier molecular flexibility index (Phi) is 4.73. The molecule has 0 aliphatic heterocycles. The van der Waals surface area contributed by atoms with Gasteiger partial charge in [0.15, 0.2) is 11.6 Å². The number of para-hydroxylation sites is 1. The van der Waals surface area contributed by atoms with E-state index in [1.54, 1.807) is 19.1 Å². The summed E-state index contributed by atoms with van der Waals surface area (Å²) in [6.45, 7) is 1.79. The molecule has 0 bridgehead atoms. The molecular formula is C9H13ClFNO. The van der Waals surface area contributed by atoms with Gasteiger partial charge in [0.05, 0.1) is 7.11 Å². The fraction of sp³-hybridized carbons (Fsp3) is 0.333. The van der Waals surface area contributed by atoms with Crippen molar-refractivity contribution >= 4 is 12.4 Å². The third-order valence-corrected chi connectivity index (χ3v) is 1.69. The van der Waals surface area contributed by atoms with Gasteiger partial charge in [0.2, 0.25) is 0 Å². The molecule has 0 aliphatic rings. The monoisotopic (exact) mass is 205 g/mol. The van der Waals surface area contributed by atoms with E-state index in [2.05, 4.69) is 0 Å². The topological polar surface area (TPSA) is 35.2 Å². The van der Waals surface area contributed by atoms with Crippen LogP contribution in [0.4, 0.5) is 4.39 Å². The van der Waals surface area contributed by atoms with Gasteiger partial charge in [-0.05, 0) is 13.0 Å². The van der Waals surface area contributed by atoms with E-state index in [0.29, 0.717) is 5.56 Å². The molecule has 0 fully saturated rings. The molecule has 2 nitrogen and oxygen atoms in total. The second-order valence-electron chi connectivity index (χ2n) is 2.65. The van der Waals surface area contributed by atoms with E-state index in [-0.39, 0.29) is 30.0 Å². The van der Waals surface area contributed by atoms with Crippen molar-refractivity contribution in [2.24, 2.45) is 5.73 Å². The number of rotatable bonds is 2. The summed E-state index contributed by atoms with van der Waals surface area (Å²) in [4.78, 5) is 0. The largest absolute Gasteiger partial charge is 0.493 e. The molecule has 1 atom stereocenters. The Hall–Kier alpha value is -0.800. The molecule has 0 aromatic heterocycles. The highest BCUT2D eigenvalue weighted by molar-refractivity contribution is 5.85. The zero-order valence-corrected chi connectivity index (χ0v) is 8.40. The number of benzene rings is 1. The molecule has 0 spiro atoms. The van der Waals surface area contributed by atoms with Crippen LogP contribution in [0.25, 0.3) is 0 Å².